The number of nitrogen functional groups attached to an aromatic ring is 1. The quantitative estimate of drug-likeness (QED) is 0.658. The minimum Gasteiger partial charge on any atom is -0.368 e. The van der Waals surface area contributed by atoms with Crippen molar-refractivity contribution in [1.29, 1.82) is 0 Å². The molecule has 7 heteroatoms. The Morgan fingerprint density at radius 2 is 2.42 bits per heavy atom. The molecular weight excluding hydrogens is 273 g/mol. The number of nitrogens with zero attached hydrogens (tertiary/aromatic N) is 3. The number of nitrogens with two attached hydrogens (primary N) is 1. The topological polar surface area (TPSA) is 89.6 Å². The molecule has 2 heterocycles. The van der Waals surface area contributed by atoms with E-state index in [0.29, 0.717) is 11.2 Å². The van der Waals surface area contributed by atoms with E-state index in [-0.39, 0.29) is 11.5 Å². The third-order valence-corrected chi connectivity index (χ3v) is 2.37. The number of aromatic nitrogens is 4. The van der Waals surface area contributed by atoms with Crippen LogP contribution in [0.3, 0.4) is 0 Å². The van der Waals surface area contributed by atoms with Gasteiger partial charge in [-0.2, -0.15) is 4.98 Å². The van der Waals surface area contributed by atoms with E-state index in [2.05, 4.69) is 15.0 Å². The summed E-state index contributed by atoms with van der Waals surface area (Å²) in [5.74, 6) is 0.153. The van der Waals surface area contributed by atoms with Crippen molar-refractivity contribution in [2.45, 2.75) is 0 Å². The maximum atomic E-state index is 11.4. The molecule has 3 N–H and O–H groups in total. The van der Waals surface area contributed by atoms with Crippen LogP contribution in [0.2, 0.25) is 0 Å². The van der Waals surface area contributed by atoms with Gasteiger partial charge in [0.1, 0.15) is 0 Å². The van der Waals surface area contributed by atoms with Gasteiger partial charge in [-0.05, 0) is 0 Å². The van der Waals surface area contributed by atoms with Crippen LogP contribution in [0, 0.1) is 0 Å². The minimum atomic E-state index is -0.226. The highest BCUT2D eigenvalue weighted by atomic mass is 127. The van der Waals surface area contributed by atoms with Gasteiger partial charge in [-0.25, -0.2) is 7.76 Å². The molecule has 0 aromatic carbocycles. The van der Waals surface area contributed by atoms with Crippen molar-refractivity contribution in [2.24, 2.45) is 0 Å². The molecule has 2 aromatic rings. The number of halogens is 1. The van der Waals surface area contributed by atoms with Crippen LogP contribution >= 0.6 is 22.9 Å². The molecule has 0 saturated heterocycles. The Labute approximate surface area is 80.3 Å². The smallest absolute Gasteiger partial charge is 0.289 e. The number of fused-ring (bicyclic) bond motifs is 1. The average Bonchev–Trinajstić information content (AvgIpc) is 2.48. The van der Waals surface area contributed by atoms with E-state index < -0.39 is 0 Å². The average molecular weight is 277 g/mol. The number of rotatable bonds is 0. The Morgan fingerprint density at radius 1 is 1.67 bits per heavy atom. The molecule has 0 saturated carbocycles. The summed E-state index contributed by atoms with van der Waals surface area (Å²) in [7, 11) is 0. The fraction of sp³-hybridized carbons (Fsp3) is 0. The van der Waals surface area contributed by atoms with Crippen LogP contribution in [0.25, 0.3) is 11.2 Å². The molecule has 0 fully saturated rings. The number of imidazole rings is 1. The Hall–Kier alpha value is -1.12. The highest BCUT2D eigenvalue weighted by Gasteiger charge is 2.07. The number of anilines is 1. The molecule has 0 aliphatic rings. The van der Waals surface area contributed by atoms with E-state index in [1.54, 1.807) is 22.9 Å². The summed E-state index contributed by atoms with van der Waals surface area (Å²) in [5, 5.41) is 0. The number of H-pyrrole nitrogens is 1. The second-order valence-electron chi connectivity index (χ2n) is 2.16. The number of aromatic amines is 1. The number of hydrogen-bond acceptors (Lipinski definition) is 4. The molecule has 0 radical (unpaired) electrons. The Balaban J connectivity index is 3.05. The monoisotopic (exact) mass is 277 g/mol. The Bertz CT molecular complexity index is 486. The first-order chi connectivity index (χ1) is 5.70. The second kappa shape index (κ2) is 2.44. The third kappa shape index (κ3) is 0.891. The van der Waals surface area contributed by atoms with Crippen LogP contribution in [-0.2, 0) is 0 Å². The zero-order valence-corrected chi connectivity index (χ0v) is 7.94. The Kier molecular flexibility index (Phi) is 1.53. The summed E-state index contributed by atoms with van der Waals surface area (Å²) < 4.78 is 1.23. The van der Waals surface area contributed by atoms with Crippen LogP contribution < -0.4 is 11.3 Å². The van der Waals surface area contributed by atoms with Gasteiger partial charge < -0.3 is 10.7 Å². The summed E-state index contributed by atoms with van der Waals surface area (Å²) in [6.45, 7) is 0. The lowest BCUT2D eigenvalue weighted by Crippen LogP contribution is -2.17. The van der Waals surface area contributed by atoms with Crippen molar-refractivity contribution < 1.29 is 0 Å². The molecule has 0 amide bonds. The summed E-state index contributed by atoms with van der Waals surface area (Å²) in [5.41, 5.74) is 5.94. The summed E-state index contributed by atoms with van der Waals surface area (Å²) in [4.78, 5) is 21.8. The van der Waals surface area contributed by atoms with Gasteiger partial charge in [0, 0.05) is 0 Å². The highest BCUT2D eigenvalue weighted by Crippen LogP contribution is 2.05. The normalized spacial score (nSPS) is 10.8. The van der Waals surface area contributed by atoms with Crippen LogP contribution in [0.5, 0.6) is 0 Å². The molecule has 12 heavy (non-hydrogen) atoms. The molecule has 62 valence electrons. The van der Waals surface area contributed by atoms with Crippen LogP contribution in [-0.4, -0.2) is 17.7 Å². The second-order valence-corrected chi connectivity index (χ2v) is 3.12. The van der Waals surface area contributed by atoms with E-state index in [0.717, 1.165) is 0 Å². The van der Waals surface area contributed by atoms with Gasteiger partial charge in [0.2, 0.25) is 5.95 Å². The molecule has 0 atom stereocenters. The first-order valence-electron chi connectivity index (χ1n) is 3.08. The third-order valence-electron chi connectivity index (χ3n) is 1.43. The highest BCUT2D eigenvalue weighted by molar-refractivity contribution is 14.1. The summed E-state index contributed by atoms with van der Waals surface area (Å²) >= 11 is 1.78. The van der Waals surface area contributed by atoms with Crippen molar-refractivity contribution in [1.82, 2.24) is 17.7 Å². The van der Waals surface area contributed by atoms with Gasteiger partial charge in [-0.1, -0.05) is 0 Å². The molecule has 0 spiro atoms. The van der Waals surface area contributed by atoms with Gasteiger partial charge in [0.15, 0.2) is 11.2 Å². The fourth-order valence-corrected chi connectivity index (χ4v) is 1.23. The Morgan fingerprint density at radius 3 is 3.17 bits per heavy atom. The van der Waals surface area contributed by atoms with E-state index in [1.165, 1.54) is 9.11 Å². The molecule has 6 nitrogen and oxygen atoms in total. The van der Waals surface area contributed by atoms with Crippen LogP contribution in [0.1, 0.15) is 0 Å². The van der Waals surface area contributed by atoms with Gasteiger partial charge >= 0.3 is 0 Å². The van der Waals surface area contributed by atoms with Gasteiger partial charge in [-0.3, -0.25) is 4.79 Å². The lowest BCUT2D eigenvalue weighted by Gasteiger charge is -1.97. The summed E-state index contributed by atoms with van der Waals surface area (Å²) in [6, 6.07) is 0. The van der Waals surface area contributed by atoms with Crippen molar-refractivity contribution in [3.63, 3.8) is 0 Å². The van der Waals surface area contributed by atoms with E-state index in [4.69, 9.17) is 5.73 Å². The predicted octanol–water partition coefficient (Wildman–Crippen LogP) is -0.100. The lowest BCUT2D eigenvalue weighted by atomic mass is 10.5. The molecule has 2 rings (SSSR count). The van der Waals surface area contributed by atoms with Crippen molar-refractivity contribution in [2.75, 3.05) is 5.73 Å². The van der Waals surface area contributed by atoms with E-state index >= 15 is 0 Å². The van der Waals surface area contributed by atoms with Gasteiger partial charge in [0.25, 0.3) is 5.56 Å². The largest absolute Gasteiger partial charge is 0.368 e. The molecular formula is C5H4IN5O. The minimum absolute atomic E-state index is 0.153. The van der Waals surface area contributed by atoms with Crippen LogP contribution in [0.4, 0.5) is 5.95 Å². The first kappa shape index (κ1) is 7.53. The van der Waals surface area contributed by atoms with E-state index in [1.807, 2.05) is 0 Å². The fourth-order valence-electron chi connectivity index (χ4n) is 0.884. The zero-order chi connectivity index (χ0) is 8.72. The molecule has 0 aliphatic carbocycles. The van der Waals surface area contributed by atoms with Gasteiger partial charge in [-0.15, -0.1) is 0 Å². The lowest BCUT2D eigenvalue weighted by molar-refractivity contribution is 1.14. The van der Waals surface area contributed by atoms with Crippen molar-refractivity contribution >= 4 is 40.0 Å². The predicted molar refractivity (Wildman–Crippen MR) is 52.0 cm³/mol. The SMILES string of the molecule is Nc1nc2nc[nH]c2c(=O)n1I. The van der Waals surface area contributed by atoms with Crippen LogP contribution in [0.15, 0.2) is 11.1 Å². The zero-order valence-electron chi connectivity index (χ0n) is 5.78. The number of hydrogen-bond donors (Lipinski definition) is 2. The van der Waals surface area contributed by atoms with Crippen molar-refractivity contribution in [3.8, 4) is 0 Å². The molecule has 0 bridgehead atoms. The van der Waals surface area contributed by atoms with Gasteiger partial charge in [0.05, 0.1) is 29.2 Å². The maximum absolute atomic E-state index is 11.4. The maximum Gasteiger partial charge on any atom is 0.289 e. The summed E-state index contributed by atoms with van der Waals surface area (Å²) in [6.07, 6.45) is 1.41. The molecule has 2 aromatic heterocycles. The number of nitrogens with one attached hydrogen (secondary N) is 1. The first-order valence-corrected chi connectivity index (χ1v) is 4.04. The molecule has 0 aliphatic heterocycles. The molecule has 0 unspecified atom stereocenters. The standard InChI is InChI=1S/C5H4IN5O/c6-11-4(12)2-3(9-1-8-2)10-5(11)7/h1H,(H2,7,10)(H,8,9). The van der Waals surface area contributed by atoms with E-state index in [9.17, 15) is 4.79 Å². The van der Waals surface area contributed by atoms with Crippen molar-refractivity contribution in [3.05, 3.63) is 16.7 Å².